The van der Waals surface area contributed by atoms with Gasteiger partial charge in [-0.25, -0.2) is 0 Å². The Labute approximate surface area is 173 Å². The second kappa shape index (κ2) is 9.80. The van der Waals surface area contributed by atoms with Crippen LogP contribution in [0.25, 0.3) is 0 Å². The van der Waals surface area contributed by atoms with E-state index in [-0.39, 0.29) is 5.57 Å². The highest BCUT2D eigenvalue weighted by Gasteiger charge is 2.12. The monoisotopic (exact) mass is 396 g/mol. The van der Waals surface area contributed by atoms with Gasteiger partial charge in [-0.3, -0.25) is 4.79 Å². The van der Waals surface area contributed by atoms with Crippen molar-refractivity contribution in [3.8, 4) is 12.1 Å². The van der Waals surface area contributed by atoms with Crippen molar-refractivity contribution in [1.29, 1.82) is 10.5 Å². The summed E-state index contributed by atoms with van der Waals surface area (Å²) in [6, 6.07) is 28.0. The Balaban J connectivity index is 1.77. The number of benzene rings is 3. The van der Waals surface area contributed by atoms with Crippen LogP contribution < -0.4 is 10.6 Å². The number of amides is 1. The third-order valence-electron chi connectivity index (χ3n) is 3.89. The second-order valence-corrected chi connectivity index (χ2v) is 6.95. The van der Waals surface area contributed by atoms with E-state index in [1.54, 1.807) is 30.3 Å². The molecule has 3 aromatic carbocycles. The highest BCUT2D eigenvalue weighted by Crippen LogP contribution is 2.33. The van der Waals surface area contributed by atoms with Crippen LogP contribution in [0.5, 0.6) is 0 Å². The van der Waals surface area contributed by atoms with Crippen LogP contribution in [0.3, 0.4) is 0 Å². The zero-order valence-electron chi connectivity index (χ0n) is 15.3. The quantitative estimate of drug-likeness (QED) is 0.443. The third-order valence-corrected chi connectivity index (χ3v) is 4.97. The number of nitrogens with one attached hydrogen (secondary N) is 2. The van der Waals surface area contributed by atoms with Crippen molar-refractivity contribution in [3.63, 3.8) is 0 Å². The average molecular weight is 396 g/mol. The van der Waals surface area contributed by atoms with Crippen LogP contribution in [-0.2, 0) is 4.79 Å². The summed E-state index contributed by atoms with van der Waals surface area (Å²) in [6.45, 7) is 0. The van der Waals surface area contributed by atoms with Crippen molar-refractivity contribution >= 4 is 29.0 Å². The van der Waals surface area contributed by atoms with Crippen molar-refractivity contribution < 1.29 is 4.79 Å². The Morgan fingerprint density at radius 3 is 2.24 bits per heavy atom. The molecule has 0 aliphatic rings. The normalized spacial score (nSPS) is 10.5. The molecule has 0 radical (unpaired) electrons. The van der Waals surface area contributed by atoms with Gasteiger partial charge in [-0.05, 0) is 36.4 Å². The lowest BCUT2D eigenvalue weighted by Crippen LogP contribution is -2.15. The first-order valence-corrected chi connectivity index (χ1v) is 9.52. The summed E-state index contributed by atoms with van der Waals surface area (Å²) in [5, 5.41) is 24.2. The lowest BCUT2D eigenvalue weighted by Gasteiger charge is -2.10. The SMILES string of the molecule is N#C/C(=C/Nc1ccccc1C#N)C(=O)Nc1ccccc1Sc1ccccc1. The summed E-state index contributed by atoms with van der Waals surface area (Å²) < 4.78 is 0. The molecule has 1 amide bonds. The summed E-state index contributed by atoms with van der Waals surface area (Å²) >= 11 is 1.52. The second-order valence-electron chi connectivity index (χ2n) is 5.84. The Kier molecular flexibility index (Phi) is 6.67. The molecule has 140 valence electrons. The first-order valence-electron chi connectivity index (χ1n) is 8.70. The predicted octanol–water partition coefficient (Wildman–Crippen LogP) is 5.17. The molecule has 0 aliphatic carbocycles. The number of anilines is 2. The van der Waals surface area contributed by atoms with Gasteiger partial charge < -0.3 is 10.6 Å². The topological polar surface area (TPSA) is 88.7 Å². The van der Waals surface area contributed by atoms with Crippen LogP contribution >= 0.6 is 11.8 Å². The number of hydrogen-bond donors (Lipinski definition) is 2. The minimum Gasteiger partial charge on any atom is -0.359 e. The molecule has 0 heterocycles. The molecule has 3 aromatic rings. The van der Waals surface area contributed by atoms with Crippen LogP contribution in [0, 0.1) is 22.7 Å². The summed E-state index contributed by atoms with van der Waals surface area (Å²) in [6.07, 6.45) is 1.30. The van der Waals surface area contributed by atoms with Gasteiger partial charge in [0.25, 0.3) is 5.91 Å². The lowest BCUT2D eigenvalue weighted by molar-refractivity contribution is -0.112. The van der Waals surface area contributed by atoms with Crippen molar-refractivity contribution in [3.05, 3.63) is 96.2 Å². The van der Waals surface area contributed by atoms with E-state index < -0.39 is 5.91 Å². The number of nitrogens with zero attached hydrogens (tertiary/aromatic N) is 2. The first-order chi connectivity index (χ1) is 14.2. The zero-order valence-corrected chi connectivity index (χ0v) is 16.1. The predicted molar refractivity (Wildman–Crippen MR) is 114 cm³/mol. The molecule has 0 bridgehead atoms. The maximum Gasteiger partial charge on any atom is 0.267 e. The first kappa shape index (κ1) is 19.8. The number of para-hydroxylation sites is 2. The third kappa shape index (κ3) is 5.26. The molecule has 29 heavy (non-hydrogen) atoms. The molecule has 0 saturated heterocycles. The van der Waals surface area contributed by atoms with Crippen LogP contribution in [0.15, 0.2) is 100 Å². The number of rotatable bonds is 6. The van der Waals surface area contributed by atoms with Gasteiger partial charge in [-0.15, -0.1) is 0 Å². The fourth-order valence-corrected chi connectivity index (χ4v) is 3.39. The van der Waals surface area contributed by atoms with Crippen molar-refractivity contribution in [2.24, 2.45) is 0 Å². The minimum atomic E-state index is -0.532. The van der Waals surface area contributed by atoms with Gasteiger partial charge in [-0.1, -0.05) is 54.2 Å². The van der Waals surface area contributed by atoms with Crippen molar-refractivity contribution in [1.82, 2.24) is 0 Å². The lowest BCUT2D eigenvalue weighted by atomic mass is 10.2. The van der Waals surface area contributed by atoms with Gasteiger partial charge in [-0.2, -0.15) is 10.5 Å². The zero-order chi connectivity index (χ0) is 20.5. The standard InChI is InChI=1S/C23H16N4OS/c24-14-17-8-4-5-11-20(17)26-16-18(15-25)23(28)27-21-12-6-7-13-22(21)29-19-9-2-1-3-10-19/h1-13,16,26H,(H,27,28)/b18-16-. The van der Waals surface area contributed by atoms with E-state index in [2.05, 4.69) is 16.7 Å². The molecule has 0 unspecified atom stereocenters. The maximum absolute atomic E-state index is 12.6. The molecule has 6 heteroatoms. The number of carbonyl (C=O) groups excluding carboxylic acids is 1. The van der Waals surface area contributed by atoms with E-state index >= 15 is 0 Å². The Morgan fingerprint density at radius 1 is 0.862 bits per heavy atom. The van der Waals surface area contributed by atoms with Gasteiger partial charge in [0.15, 0.2) is 0 Å². The van der Waals surface area contributed by atoms with Crippen LogP contribution in [0.2, 0.25) is 0 Å². The van der Waals surface area contributed by atoms with Crippen molar-refractivity contribution in [2.75, 3.05) is 10.6 Å². The Morgan fingerprint density at radius 2 is 1.52 bits per heavy atom. The van der Waals surface area contributed by atoms with E-state index in [0.717, 1.165) is 9.79 Å². The summed E-state index contributed by atoms with van der Waals surface area (Å²) in [5.74, 6) is -0.532. The summed E-state index contributed by atoms with van der Waals surface area (Å²) in [4.78, 5) is 14.5. The van der Waals surface area contributed by atoms with E-state index in [4.69, 9.17) is 5.26 Å². The molecule has 0 aliphatic heterocycles. The molecule has 3 rings (SSSR count). The fourth-order valence-electron chi connectivity index (χ4n) is 2.47. The number of carbonyl (C=O) groups is 1. The molecule has 2 N–H and O–H groups in total. The molecule has 5 nitrogen and oxygen atoms in total. The van der Waals surface area contributed by atoms with Crippen LogP contribution in [0.4, 0.5) is 11.4 Å². The van der Waals surface area contributed by atoms with Gasteiger partial charge in [0.1, 0.15) is 17.7 Å². The molecule has 0 saturated carbocycles. The number of hydrogen-bond acceptors (Lipinski definition) is 5. The van der Waals surface area contributed by atoms with Gasteiger partial charge in [0.05, 0.1) is 16.9 Å². The van der Waals surface area contributed by atoms with E-state index in [0.29, 0.717) is 16.9 Å². The fraction of sp³-hybridized carbons (Fsp3) is 0. The van der Waals surface area contributed by atoms with Crippen LogP contribution in [0.1, 0.15) is 5.56 Å². The highest BCUT2D eigenvalue weighted by atomic mass is 32.2. The van der Waals surface area contributed by atoms with Gasteiger partial charge in [0.2, 0.25) is 0 Å². The smallest absolute Gasteiger partial charge is 0.267 e. The Hall–Kier alpha value is -4.00. The molecule has 0 fully saturated rings. The van der Waals surface area contributed by atoms with E-state index in [1.165, 1.54) is 18.0 Å². The van der Waals surface area contributed by atoms with Crippen molar-refractivity contribution in [2.45, 2.75) is 9.79 Å². The van der Waals surface area contributed by atoms with Gasteiger partial charge in [0, 0.05) is 16.0 Å². The van der Waals surface area contributed by atoms with Crippen LogP contribution in [-0.4, -0.2) is 5.91 Å². The maximum atomic E-state index is 12.6. The summed E-state index contributed by atoms with van der Waals surface area (Å²) in [7, 11) is 0. The molecular weight excluding hydrogens is 380 g/mol. The largest absolute Gasteiger partial charge is 0.359 e. The average Bonchev–Trinajstić information content (AvgIpc) is 2.76. The van der Waals surface area contributed by atoms with Gasteiger partial charge >= 0.3 is 0 Å². The highest BCUT2D eigenvalue weighted by molar-refractivity contribution is 7.99. The Bertz CT molecular complexity index is 1130. The molecular formula is C23H16N4OS. The molecule has 0 atom stereocenters. The minimum absolute atomic E-state index is 0.0998. The summed E-state index contributed by atoms with van der Waals surface area (Å²) in [5.41, 5.74) is 1.46. The van der Waals surface area contributed by atoms with E-state index in [1.807, 2.05) is 54.6 Å². The van der Waals surface area contributed by atoms with E-state index in [9.17, 15) is 10.1 Å². The molecule has 0 aromatic heterocycles. The number of nitriles is 2. The molecule has 0 spiro atoms.